The van der Waals surface area contributed by atoms with Crippen molar-refractivity contribution in [3.05, 3.63) is 0 Å². The summed E-state index contributed by atoms with van der Waals surface area (Å²) in [5.41, 5.74) is 3.23. The zero-order chi connectivity index (χ0) is 13.3. The van der Waals surface area contributed by atoms with Crippen molar-refractivity contribution < 1.29 is 19.8 Å². The van der Waals surface area contributed by atoms with Gasteiger partial charge in [-0.2, -0.15) is 0 Å². The molecule has 0 aromatic rings. The molecule has 0 aromatic carbocycles. The van der Waals surface area contributed by atoms with Gasteiger partial charge < -0.3 is 15.9 Å². The Bertz CT molecular complexity index is 239. The largest absolute Gasteiger partial charge is 0.479 e. The first kappa shape index (κ1) is 15.9. The second-order valence-electron chi connectivity index (χ2n) is 4.45. The number of rotatable bonds is 10. The first-order chi connectivity index (χ1) is 7.95. The van der Waals surface area contributed by atoms with Crippen molar-refractivity contribution in [2.24, 2.45) is 5.73 Å². The van der Waals surface area contributed by atoms with E-state index in [1.54, 1.807) is 0 Å². The Hall–Kier alpha value is -1.10. The van der Waals surface area contributed by atoms with Gasteiger partial charge in [0.05, 0.1) is 0 Å². The van der Waals surface area contributed by atoms with Crippen LogP contribution in [0.4, 0.5) is 0 Å². The fourth-order valence-electron chi connectivity index (χ4n) is 1.67. The Morgan fingerprint density at radius 3 is 1.76 bits per heavy atom. The maximum atomic E-state index is 10.8. The highest BCUT2D eigenvalue weighted by molar-refractivity contribution is 6.02. The van der Waals surface area contributed by atoms with Gasteiger partial charge in [-0.15, -0.1) is 0 Å². The molecule has 0 spiro atoms. The molecular weight excluding hydrogens is 222 g/mol. The molecule has 0 aliphatic carbocycles. The average molecular weight is 245 g/mol. The summed E-state index contributed by atoms with van der Waals surface area (Å²) in [7, 11) is 0. The van der Waals surface area contributed by atoms with E-state index in [1.807, 2.05) is 0 Å². The van der Waals surface area contributed by atoms with Crippen LogP contribution in [0.2, 0.25) is 0 Å². The summed E-state index contributed by atoms with van der Waals surface area (Å²) in [5, 5.41) is 17.5. The van der Waals surface area contributed by atoms with E-state index in [0.29, 0.717) is 6.42 Å². The van der Waals surface area contributed by atoms with Crippen LogP contribution in [0.3, 0.4) is 0 Å². The van der Waals surface area contributed by atoms with Crippen molar-refractivity contribution in [2.75, 3.05) is 0 Å². The molecule has 0 amide bonds. The molecular formula is C12H23NO4. The molecule has 100 valence electrons. The van der Waals surface area contributed by atoms with Gasteiger partial charge in [0.2, 0.25) is 5.54 Å². The number of carboxylic acid groups (broad SMARTS) is 2. The Balaban J connectivity index is 3.78. The quantitative estimate of drug-likeness (QED) is 0.403. The van der Waals surface area contributed by atoms with Crippen LogP contribution in [0.15, 0.2) is 0 Å². The molecule has 0 aliphatic heterocycles. The Morgan fingerprint density at radius 1 is 0.941 bits per heavy atom. The molecule has 0 rings (SSSR count). The van der Waals surface area contributed by atoms with Crippen LogP contribution in [0.1, 0.15) is 58.3 Å². The topological polar surface area (TPSA) is 101 Å². The lowest BCUT2D eigenvalue weighted by Crippen LogP contribution is -2.54. The minimum absolute atomic E-state index is 0.00849. The first-order valence-corrected chi connectivity index (χ1v) is 6.20. The van der Waals surface area contributed by atoms with Gasteiger partial charge in [0.15, 0.2) is 0 Å². The lowest BCUT2D eigenvalue weighted by atomic mass is 9.93. The summed E-state index contributed by atoms with van der Waals surface area (Å²) >= 11 is 0. The number of hydrogen-bond acceptors (Lipinski definition) is 3. The SMILES string of the molecule is CCCCCCCCCC(N)(C(=O)O)C(=O)O. The van der Waals surface area contributed by atoms with E-state index in [1.165, 1.54) is 19.3 Å². The smallest absolute Gasteiger partial charge is 0.335 e. The molecule has 5 heteroatoms. The number of carboxylic acids is 2. The number of nitrogens with two attached hydrogens (primary N) is 1. The average Bonchev–Trinajstić information content (AvgIpc) is 2.27. The van der Waals surface area contributed by atoms with Crippen molar-refractivity contribution in [1.82, 2.24) is 0 Å². The van der Waals surface area contributed by atoms with Gasteiger partial charge in [-0.1, -0.05) is 51.9 Å². The maximum absolute atomic E-state index is 10.8. The third-order valence-electron chi connectivity index (χ3n) is 2.94. The van der Waals surface area contributed by atoms with Crippen molar-refractivity contribution in [3.8, 4) is 0 Å². The van der Waals surface area contributed by atoms with Gasteiger partial charge in [0.25, 0.3) is 0 Å². The number of hydrogen-bond donors (Lipinski definition) is 3. The van der Waals surface area contributed by atoms with Crippen LogP contribution in [-0.4, -0.2) is 27.7 Å². The lowest BCUT2D eigenvalue weighted by molar-refractivity contribution is -0.157. The molecule has 0 atom stereocenters. The molecule has 0 radical (unpaired) electrons. The molecule has 0 heterocycles. The van der Waals surface area contributed by atoms with Gasteiger partial charge in [-0.25, -0.2) is 9.59 Å². The summed E-state index contributed by atoms with van der Waals surface area (Å²) in [6, 6.07) is 0. The standard InChI is InChI=1S/C12H23NO4/c1-2-3-4-5-6-7-8-9-12(13,10(14)15)11(16)17/h2-9,13H2,1H3,(H,14,15)(H,16,17). The minimum atomic E-state index is -2.12. The zero-order valence-electron chi connectivity index (χ0n) is 10.4. The van der Waals surface area contributed by atoms with E-state index in [9.17, 15) is 9.59 Å². The summed E-state index contributed by atoms with van der Waals surface area (Å²) in [6.45, 7) is 2.14. The molecule has 0 unspecified atom stereocenters. The minimum Gasteiger partial charge on any atom is -0.479 e. The Kier molecular flexibility index (Phi) is 7.54. The highest BCUT2D eigenvalue weighted by Crippen LogP contribution is 2.15. The third-order valence-corrected chi connectivity index (χ3v) is 2.94. The Morgan fingerprint density at radius 2 is 1.35 bits per heavy atom. The third kappa shape index (κ3) is 5.68. The normalized spacial score (nSPS) is 11.4. The predicted octanol–water partition coefficient (Wildman–Crippen LogP) is 1.99. The molecule has 0 aliphatic rings. The van der Waals surface area contributed by atoms with Gasteiger partial charge >= 0.3 is 11.9 Å². The van der Waals surface area contributed by atoms with Crippen molar-refractivity contribution in [3.63, 3.8) is 0 Å². The molecule has 17 heavy (non-hydrogen) atoms. The fourth-order valence-corrected chi connectivity index (χ4v) is 1.67. The molecule has 5 nitrogen and oxygen atoms in total. The molecule has 0 fully saturated rings. The molecule has 0 aromatic heterocycles. The van der Waals surface area contributed by atoms with Gasteiger partial charge in [0, 0.05) is 0 Å². The van der Waals surface area contributed by atoms with Crippen LogP contribution in [-0.2, 0) is 9.59 Å². The summed E-state index contributed by atoms with van der Waals surface area (Å²) in [4.78, 5) is 21.5. The van der Waals surface area contributed by atoms with Crippen molar-refractivity contribution in [2.45, 2.75) is 63.8 Å². The van der Waals surface area contributed by atoms with Crippen molar-refractivity contribution >= 4 is 11.9 Å². The molecule has 4 N–H and O–H groups in total. The fraction of sp³-hybridized carbons (Fsp3) is 0.833. The van der Waals surface area contributed by atoms with E-state index in [4.69, 9.17) is 15.9 Å². The zero-order valence-corrected chi connectivity index (χ0v) is 10.4. The van der Waals surface area contributed by atoms with Gasteiger partial charge in [0.1, 0.15) is 0 Å². The van der Waals surface area contributed by atoms with Crippen LogP contribution in [0, 0.1) is 0 Å². The van der Waals surface area contributed by atoms with Crippen LogP contribution < -0.4 is 5.73 Å². The second-order valence-corrected chi connectivity index (χ2v) is 4.45. The lowest BCUT2D eigenvalue weighted by Gasteiger charge is -2.19. The first-order valence-electron chi connectivity index (χ1n) is 6.20. The highest BCUT2D eigenvalue weighted by Gasteiger charge is 2.41. The maximum Gasteiger partial charge on any atom is 0.335 e. The second kappa shape index (κ2) is 8.06. The van der Waals surface area contributed by atoms with Gasteiger partial charge in [-0.05, 0) is 6.42 Å². The monoisotopic (exact) mass is 245 g/mol. The van der Waals surface area contributed by atoms with Crippen LogP contribution in [0.5, 0.6) is 0 Å². The van der Waals surface area contributed by atoms with Crippen LogP contribution >= 0.6 is 0 Å². The van der Waals surface area contributed by atoms with Gasteiger partial charge in [-0.3, -0.25) is 0 Å². The number of carbonyl (C=O) groups is 2. The highest BCUT2D eigenvalue weighted by atomic mass is 16.4. The summed E-state index contributed by atoms with van der Waals surface area (Å²) in [5.74, 6) is -2.92. The molecule has 0 saturated carbocycles. The number of unbranched alkanes of at least 4 members (excludes halogenated alkanes) is 6. The van der Waals surface area contributed by atoms with E-state index >= 15 is 0 Å². The summed E-state index contributed by atoms with van der Waals surface area (Å²) < 4.78 is 0. The van der Waals surface area contributed by atoms with E-state index in [-0.39, 0.29) is 6.42 Å². The summed E-state index contributed by atoms with van der Waals surface area (Å²) in [6.07, 6.45) is 7.08. The number of aliphatic carboxylic acids is 2. The predicted molar refractivity (Wildman–Crippen MR) is 64.8 cm³/mol. The van der Waals surface area contributed by atoms with E-state index < -0.39 is 17.5 Å². The Labute approximate surface area is 102 Å². The molecule has 0 saturated heterocycles. The van der Waals surface area contributed by atoms with E-state index in [2.05, 4.69) is 6.92 Å². The van der Waals surface area contributed by atoms with Crippen LogP contribution in [0.25, 0.3) is 0 Å². The molecule has 0 bridgehead atoms. The van der Waals surface area contributed by atoms with E-state index in [0.717, 1.165) is 19.3 Å². The van der Waals surface area contributed by atoms with Crippen molar-refractivity contribution in [1.29, 1.82) is 0 Å².